The van der Waals surface area contributed by atoms with E-state index in [9.17, 15) is 10.2 Å². The maximum absolute atomic E-state index is 9.69. The van der Waals surface area contributed by atoms with Crippen molar-refractivity contribution >= 4 is 33.6 Å². The number of aromatic amines is 1. The number of aromatic hydroxyl groups is 2. The van der Waals surface area contributed by atoms with Crippen LogP contribution in [-0.4, -0.2) is 20.2 Å². The van der Waals surface area contributed by atoms with Crippen LogP contribution in [0.15, 0.2) is 36.4 Å². The first-order valence-electron chi connectivity index (χ1n) is 5.31. The number of imidazole rings is 1. The number of nitrogens with one attached hydrogen (secondary N) is 1. The molecule has 3 aromatic rings. The maximum atomic E-state index is 9.69. The van der Waals surface area contributed by atoms with E-state index < -0.39 is 0 Å². The number of phenols is 2. The fourth-order valence-electron chi connectivity index (χ4n) is 1.79. The van der Waals surface area contributed by atoms with E-state index in [4.69, 9.17) is 0 Å². The summed E-state index contributed by atoms with van der Waals surface area (Å²) in [6.07, 6.45) is 0. The third-order valence-corrected chi connectivity index (χ3v) is 3.60. The standard InChI is InChI=1S/C13H9IN2O2/c14-9-3-1-7(5-12(9)18)13-15-10-4-2-8(17)6-11(10)16-13/h1-6,17-18H,(H,15,16). The predicted molar refractivity (Wildman–Crippen MR) is 77.6 cm³/mol. The van der Waals surface area contributed by atoms with Crippen molar-refractivity contribution in [1.82, 2.24) is 9.97 Å². The van der Waals surface area contributed by atoms with Gasteiger partial charge in [-0.3, -0.25) is 0 Å². The first-order chi connectivity index (χ1) is 8.63. The second-order valence-electron chi connectivity index (χ2n) is 3.95. The van der Waals surface area contributed by atoms with Gasteiger partial charge in [0.1, 0.15) is 17.3 Å². The molecule has 18 heavy (non-hydrogen) atoms. The second-order valence-corrected chi connectivity index (χ2v) is 5.12. The minimum absolute atomic E-state index is 0.197. The molecule has 0 saturated heterocycles. The monoisotopic (exact) mass is 352 g/mol. The predicted octanol–water partition coefficient (Wildman–Crippen LogP) is 3.25. The lowest BCUT2D eigenvalue weighted by molar-refractivity contribution is 0.471. The van der Waals surface area contributed by atoms with E-state index in [0.29, 0.717) is 5.82 Å². The van der Waals surface area contributed by atoms with Crippen LogP contribution in [0.4, 0.5) is 0 Å². The molecule has 3 rings (SSSR count). The molecule has 0 aliphatic carbocycles. The molecule has 0 unspecified atom stereocenters. The Bertz CT molecular complexity index is 737. The smallest absolute Gasteiger partial charge is 0.138 e. The summed E-state index contributed by atoms with van der Waals surface area (Å²) in [5.74, 6) is 1.10. The molecule has 0 radical (unpaired) electrons. The van der Waals surface area contributed by atoms with Crippen LogP contribution in [0.1, 0.15) is 0 Å². The van der Waals surface area contributed by atoms with Gasteiger partial charge in [-0.1, -0.05) is 0 Å². The van der Waals surface area contributed by atoms with Crippen molar-refractivity contribution < 1.29 is 10.2 Å². The minimum atomic E-state index is 0.197. The zero-order valence-corrected chi connectivity index (χ0v) is 11.3. The summed E-state index contributed by atoms with van der Waals surface area (Å²) in [4.78, 5) is 7.53. The van der Waals surface area contributed by atoms with Crippen molar-refractivity contribution in [2.45, 2.75) is 0 Å². The van der Waals surface area contributed by atoms with Crippen molar-refractivity contribution in [3.63, 3.8) is 0 Å². The molecule has 0 amide bonds. The maximum Gasteiger partial charge on any atom is 0.138 e. The van der Waals surface area contributed by atoms with E-state index in [-0.39, 0.29) is 11.5 Å². The third-order valence-electron chi connectivity index (χ3n) is 2.69. The van der Waals surface area contributed by atoms with Gasteiger partial charge in [0.05, 0.1) is 14.6 Å². The number of H-pyrrole nitrogens is 1. The molecule has 4 nitrogen and oxygen atoms in total. The van der Waals surface area contributed by atoms with Gasteiger partial charge in [0.25, 0.3) is 0 Å². The summed E-state index contributed by atoms with van der Waals surface area (Å²) in [5, 5.41) is 19.1. The number of rotatable bonds is 1. The minimum Gasteiger partial charge on any atom is -0.508 e. The Morgan fingerprint density at radius 3 is 2.67 bits per heavy atom. The zero-order valence-electron chi connectivity index (χ0n) is 9.18. The molecular weight excluding hydrogens is 343 g/mol. The number of halogens is 1. The van der Waals surface area contributed by atoms with E-state index >= 15 is 0 Å². The van der Waals surface area contributed by atoms with Gasteiger partial charge in [0.15, 0.2) is 0 Å². The van der Waals surface area contributed by atoms with Crippen LogP contribution in [0.5, 0.6) is 11.5 Å². The summed E-state index contributed by atoms with van der Waals surface area (Å²) in [6.45, 7) is 0. The first-order valence-corrected chi connectivity index (χ1v) is 6.39. The topological polar surface area (TPSA) is 69.1 Å². The van der Waals surface area contributed by atoms with Crippen LogP contribution in [0.25, 0.3) is 22.4 Å². The summed E-state index contributed by atoms with van der Waals surface area (Å²) in [5.41, 5.74) is 2.35. The highest BCUT2D eigenvalue weighted by Crippen LogP contribution is 2.28. The number of hydrogen-bond acceptors (Lipinski definition) is 3. The molecule has 0 fully saturated rings. The molecular formula is C13H9IN2O2. The van der Waals surface area contributed by atoms with E-state index in [0.717, 1.165) is 20.2 Å². The molecule has 5 heteroatoms. The Kier molecular flexibility index (Phi) is 2.62. The van der Waals surface area contributed by atoms with Gasteiger partial charge in [0.2, 0.25) is 0 Å². The molecule has 1 heterocycles. The van der Waals surface area contributed by atoms with Gasteiger partial charge >= 0.3 is 0 Å². The Morgan fingerprint density at radius 1 is 1.06 bits per heavy atom. The van der Waals surface area contributed by atoms with Crippen LogP contribution >= 0.6 is 22.6 Å². The van der Waals surface area contributed by atoms with E-state index in [1.165, 1.54) is 0 Å². The van der Waals surface area contributed by atoms with Gasteiger partial charge in [-0.15, -0.1) is 0 Å². The molecule has 0 spiro atoms. The Hall–Kier alpha value is -1.76. The van der Waals surface area contributed by atoms with Gasteiger partial charge in [-0.2, -0.15) is 0 Å². The van der Waals surface area contributed by atoms with E-state index in [1.807, 2.05) is 12.1 Å². The normalized spacial score (nSPS) is 10.9. The van der Waals surface area contributed by atoms with Gasteiger partial charge in [0, 0.05) is 11.6 Å². The quantitative estimate of drug-likeness (QED) is 0.589. The highest BCUT2D eigenvalue weighted by atomic mass is 127. The van der Waals surface area contributed by atoms with Crippen molar-refractivity contribution in [3.8, 4) is 22.9 Å². The third kappa shape index (κ3) is 1.90. The van der Waals surface area contributed by atoms with Crippen molar-refractivity contribution in [1.29, 1.82) is 0 Å². The van der Waals surface area contributed by atoms with E-state index in [2.05, 4.69) is 32.6 Å². The fourth-order valence-corrected chi connectivity index (χ4v) is 2.13. The van der Waals surface area contributed by atoms with Crippen molar-refractivity contribution in [3.05, 3.63) is 40.0 Å². The van der Waals surface area contributed by atoms with Crippen LogP contribution < -0.4 is 0 Å². The van der Waals surface area contributed by atoms with E-state index in [1.54, 1.807) is 24.3 Å². The van der Waals surface area contributed by atoms with Crippen molar-refractivity contribution in [2.24, 2.45) is 0 Å². The molecule has 0 aliphatic heterocycles. The lowest BCUT2D eigenvalue weighted by Gasteiger charge is -1.99. The molecule has 1 aromatic heterocycles. The molecule has 90 valence electrons. The number of aromatic nitrogens is 2. The lowest BCUT2D eigenvalue weighted by Crippen LogP contribution is -1.81. The number of benzene rings is 2. The van der Waals surface area contributed by atoms with Gasteiger partial charge < -0.3 is 15.2 Å². The average Bonchev–Trinajstić information content (AvgIpc) is 2.75. The molecule has 0 saturated carbocycles. The molecule has 0 bridgehead atoms. The van der Waals surface area contributed by atoms with Crippen LogP contribution in [-0.2, 0) is 0 Å². The SMILES string of the molecule is Oc1ccc2nc(-c3ccc(I)c(O)c3)[nH]c2c1. The fraction of sp³-hybridized carbons (Fsp3) is 0. The number of fused-ring (bicyclic) bond motifs is 1. The van der Waals surface area contributed by atoms with Crippen LogP contribution in [0.3, 0.4) is 0 Å². The van der Waals surface area contributed by atoms with Gasteiger partial charge in [-0.05, 0) is 52.9 Å². The number of phenolic OH excluding ortho intramolecular Hbond substituents is 2. The largest absolute Gasteiger partial charge is 0.508 e. The summed E-state index contributed by atoms with van der Waals surface area (Å²) < 4.78 is 0.796. The Labute approximate surface area is 116 Å². The van der Waals surface area contributed by atoms with Crippen molar-refractivity contribution in [2.75, 3.05) is 0 Å². The lowest BCUT2D eigenvalue weighted by atomic mass is 10.2. The highest BCUT2D eigenvalue weighted by Gasteiger charge is 2.07. The summed E-state index contributed by atoms with van der Waals surface area (Å²) >= 11 is 2.07. The zero-order chi connectivity index (χ0) is 12.7. The molecule has 2 aromatic carbocycles. The summed E-state index contributed by atoms with van der Waals surface area (Å²) in [6, 6.07) is 10.3. The van der Waals surface area contributed by atoms with Gasteiger partial charge in [-0.25, -0.2) is 4.98 Å². The molecule has 3 N–H and O–H groups in total. The molecule has 0 aliphatic rings. The summed E-state index contributed by atoms with van der Waals surface area (Å²) in [7, 11) is 0. The number of nitrogens with zero attached hydrogens (tertiary/aromatic N) is 1. The number of hydrogen-bond donors (Lipinski definition) is 3. The first kappa shape index (κ1) is 11.3. The Balaban J connectivity index is 2.16. The van der Waals surface area contributed by atoms with Crippen LogP contribution in [0, 0.1) is 3.57 Å². The molecule has 0 atom stereocenters. The van der Waals surface area contributed by atoms with Crippen LogP contribution in [0.2, 0.25) is 0 Å². The second kappa shape index (κ2) is 4.16. The highest BCUT2D eigenvalue weighted by molar-refractivity contribution is 14.1. The average molecular weight is 352 g/mol. The Morgan fingerprint density at radius 2 is 1.89 bits per heavy atom.